The minimum Gasteiger partial charge on any atom is -0.465 e. The first-order valence-corrected chi connectivity index (χ1v) is 8.70. The van der Waals surface area contributed by atoms with Gasteiger partial charge in [0.05, 0.1) is 0 Å². The molecule has 0 unspecified atom stereocenters. The van der Waals surface area contributed by atoms with E-state index >= 15 is 0 Å². The molecule has 0 aromatic rings. The number of likely N-dealkylation sites (tertiary alicyclic amines) is 1. The third kappa shape index (κ3) is 6.86. The van der Waals surface area contributed by atoms with Gasteiger partial charge in [-0.3, -0.25) is 0 Å². The van der Waals surface area contributed by atoms with Crippen molar-refractivity contribution in [2.75, 3.05) is 39.8 Å². The van der Waals surface area contributed by atoms with Crippen LogP contribution in [0.15, 0.2) is 12.7 Å². The van der Waals surface area contributed by atoms with Crippen molar-refractivity contribution in [3.8, 4) is 0 Å². The monoisotopic (exact) mass is 366 g/mol. The maximum atomic E-state index is 13.4. The number of rotatable bonds is 10. The van der Waals surface area contributed by atoms with Gasteiger partial charge in [-0.2, -0.15) is 13.2 Å². The SMILES string of the molecule is C=CCN(C)CCCCCCOC1(C(F)(F)F)CCN(C(=O)O)CC1. The van der Waals surface area contributed by atoms with Crippen molar-refractivity contribution in [2.45, 2.75) is 50.3 Å². The lowest BCUT2D eigenvalue weighted by Gasteiger charge is -2.41. The molecule has 0 atom stereocenters. The van der Waals surface area contributed by atoms with Crippen LogP contribution in [0.3, 0.4) is 0 Å². The molecule has 0 spiro atoms. The van der Waals surface area contributed by atoms with Crippen molar-refractivity contribution >= 4 is 6.09 Å². The van der Waals surface area contributed by atoms with Crippen LogP contribution < -0.4 is 0 Å². The van der Waals surface area contributed by atoms with Crippen LogP contribution in [-0.2, 0) is 4.74 Å². The second-order valence-corrected chi connectivity index (χ2v) is 6.58. The fourth-order valence-electron chi connectivity index (χ4n) is 2.99. The van der Waals surface area contributed by atoms with Crippen molar-refractivity contribution in [2.24, 2.45) is 0 Å². The molecule has 0 aromatic heterocycles. The summed E-state index contributed by atoms with van der Waals surface area (Å²) in [4.78, 5) is 14.0. The lowest BCUT2D eigenvalue weighted by molar-refractivity contribution is -0.289. The number of amides is 1. The van der Waals surface area contributed by atoms with Crippen LogP contribution in [0.1, 0.15) is 38.5 Å². The van der Waals surface area contributed by atoms with Gasteiger partial charge in [-0.25, -0.2) is 4.79 Å². The molecule has 0 aliphatic carbocycles. The third-order valence-corrected chi connectivity index (χ3v) is 4.61. The van der Waals surface area contributed by atoms with Crippen LogP contribution in [0.2, 0.25) is 0 Å². The number of unbranched alkanes of at least 4 members (excludes halogenated alkanes) is 3. The van der Waals surface area contributed by atoms with Gasteiger partial charge in [-0.05, 0) is 26.4 Å². The van der Waals surface area contributed by atoms with Crippen LogP contribution in [0.25, 0.3) is 0 Å². The highest BCUT2D eigenvalue weighted by atomic mass is 19.4. The lowest BCUT2D eigenvalue weighted by Crippen LogP contribution is -2.56. The fourth-order valence-corrected chi connectivity index (χ4v) is 2.99. The molecule has 0 bridgehead atoms. The van der Waals surface area contributed by atoms with E-state index in [1.807, 2.05) is 13.1 Å². The Morgan fingerprint density at radius 1 is 1.28 bits per heavy atom. The predicted molar refractivity (Wildman–Crippen MR) is 89.7 cm³/mol. The van der Waals surface area contributed by atoms with E-state index in [0.717, 1.165) is 37.3 Å². The average Bonchev–Trinajstić information content (AvgIpc) is 2.53. The van der Waals surface area contributed by atoms with Crippen molar-refractivity contribution in [1.29, 1.82) is 0 Å². The quantitative estimate of drug-likeness (QED) is 0.473. The normalized spacial score (nSPS) is 17.7. The van der Waals surface area contributed by atoms with Crippen molar-refractivity contribution in [3.63, 3.8) is 0 Å². The highest BCUT2D eigenvalue weighted by molar-refractivity contribution is 5.65. The maximum absolute atomic E-state index is 13.4. The number of carbonyl (C=O) groups is 1. The first-order chi connectivity index (χ1) is 11.7. The molecule has 1 saturated heterocycles. The number of carboxylic acid groups (broad SMARTS) is 1. The number of ether oxygens (including phenoxy) is 1. The Kier molecular flexibility index (Phi) is 8.71. The first-order valence-electron chi connectivity index (χ1n) is 8.70. The van der Waals surface area contributed by atoms with Gasteiger partial charge in [0.2, 0.25) is 0 Å². The zero-order valence-electron chi connectivity index (χ0n) is 14.9. The molecule has 8 heteroatoms. The predicted octanol–water partition coefficient (Wildman–Crippen LogP) is 3.76. The molecule has 1 aliphatic rings. The Balaban J connectivity index is 2.31. The summed E-state index contributed by atoms with van der Waals surface area (Å²) in [7, 11) is 2.00. The molecule has 5 nitrogen and oxygen atoms in total. The zero-order valence-corrected chi connectivity index (χ0v) is 14.9. The number of piperidine rings is 1. The van der Waals surface area contributed by atoms with Crippen LogP contribution in [0.5, 0.6) is 0 Å². The van der Waals surface area contributed by atoms with Gasteiger partial charge < -0.3 is 19.6 Å². The maximum Gasteiger partial charge on any atom is 0.417 e. The topological polar surface area (TPSA) is 53.0 Å². The molecule has 25 heavy (non-hydrogen) atoms. The summed E-state index contributed by atoms with van der Waals surface area (Å²) in [6.45, 7) is 5.18. The van der Waals surface area contributed by atoms with Gasteiger partial charge in [0.25, 0.3) is 0 Å². The average molecular weight is 366 g/mol. The summed E-state index contributed by atoms with van der Waals surface area (Å²) in [5.74, 6) is 0. The van der Waals surface area contributed by atoms with E-state index in [1.165, 1.54) is 0 Å². The summed E-state index contributed by atoms with van der Waals surface area (Å²) in [6, 6.07) is 0. The Morgan fingerprint density at radius 2 is 1.88 bits per heavy atom. The summed E-state index contributed by atoms with van der Waals surface area (Å²) in [5, 5.41) is 8.88. The van der Waals surface area contributed by atoms with Crippen LogP contribution in [-0.4, -0.2) is 72.6 Å². The van der Waals surface area contributed by atoms with Gasteiger partial charge in [0.1, 0.15) is 0 Å². The molecule has 1 aliphatic heterocycles. The van der Waals surface area contributed by atoms with Crippen LogP contribution in [0.4, 0.5) is 18.0 Å². The molecule has 1 amide bonds. The molecule has 1 heterocycles. The van der Waals surface area contributed by atoms with E-state index in [-0.39, 0.29) is 32.5 Å². The summed E-state index contributed by atoms with van der Waals surface area (Å²) in [5.41, 5.74) is -2.21. The van der Waals surface area contributed by atoms with E-state index in [1.54, 1.807) is 0 Å². The molecular weight excluding hydrogens is 337 g/mol. The summed E-state index contributed by atoms with van der Waals surface area (Å²) in [6.07, 6.45) is -1.19. The number of likely N-dealkylation sites (N-methyl/N-ethyl adjacent to an activating group) is 1. The van der Waals surface area contributed by atoms with E-state index in [4.69, 9.17) is 9.84 Å². The van der Waals surface area contributed by atoms with Crippen molar-refractivity contribution in [3.05, 3.63) is 12.7 Å². The number of nitrogens with zero attached hydrogens (tertiary/aromatic N) is 2. The minimum absolute atomic E-state index is 0.0507. The fraction of sp³-hybridized carbons (Fsp3) is 0.824. The van der Waals surface area contributed by atoms with Crippen molar-refractivity contribution in [1.82, 2.24) is 9.80 Å². The molecule has 0 saturated carbocycles. The van der Waals surface area contributed by atoms with Gasteiger partial charge in [-0.1, -0.05) is 18.9 Å². The van der Waals surface area contributed by atoms with Crippen LogP contribution >= 0.6 is 0 Å². The second kappa shape index (κ2) is 10.0. The van der Waals surface area contributed by atoms with Gasteiger partial charge in [0.15, 0.2) is 5.60 Å². The molecule has 1 rings (SSSR count). The van der Waals surface area contributed by atoms with E-state index in [0.29, 0.717) is 6.42 Å². The van der Waals surface area contributed by atoms with E-state index < -0.39 is 17.9 Å². The smallest absolute Gasteiger partial charge is 0.417 e. The van der Waals surface area contributed by atoms with E-state index in [9.17, 15) is 18.0 Å². The number of hydrogen-bond donors (Lipinski definition) is 1. The standard InChI is InChI=1S/C17H29F3N2O3/c1-3-10-21(2)11-6-4-5-7-14-25-16(17(18,19)20)8-12-22(13-9-16)15(23)24/h3H,1,4-14H2,2H3,(H,23,24). The van der Waals surface area contributed by atoms with Gasteiger partial charge in [0, 0.05) is 39.1 Å². The lowest BCUT2D eigenvalue weighted by atomic mass is 9.90. The Hall–Kier alpha value is -1.28. The Bertz CT molecular complexity index is 422. The highest BCUT2D eigenvalue weighted by Crippen LogP contribution is 2.41. The number of alkyl halides is 3. The Morgan fingerprint density at radius 3 is 2.40 bits per heavy atom. The van der Waals surface area contributed by atoms with Crippen molar-refractivity contribution < 1.29 is 27.8 Å². The van der Waals surface area contributed by atoms with Crippen LogP contribution in [0, 0.1) is 0 Å². The minimum atomic E-state index is -4.48. The van der Waals surface area contributed by atoms with Gasteiger partial charge >= 0.3 is 12.3 Å². The van der Waals surface area contributed by atoms with E-state index in [2.05, 4.69) is 11.5 Å². The first kappa shape index (κ1) is 21.8. The largest absolute Gasteiger partial charge is 0.465 e. The summed E-state index contributed by atoms with van der Waals surface area (Å²) < 4.78 is 45.5. The molecule has 0 aromatic carbocycles. The molecule has 1 fully saturated rings. The third-order valence-electron chi connectivity index (χ3n) is 4.61. The van der Waals surface area contributed by atoms with Gasteiger partial charge in [-0.15, -0.1) is 6.58 Å². The summed E-state index contributed by atoms with van der Waals surface area (Å²) >= 11 is 0. The zero-order chi connectivity index (χ0) is 18.9. The molecule has 1 N–H and O–H groups in total. The highest BCUT2D eigenvalue weighted by Gasteiger charge is 2.57. The molecular formula is C17H29F3N2O3. The molecule has 146 valence electrons. The number of hydrogen-bond acceptors (Lipinski definition) is 3. The Labute approximate surface area is 147 Å². The molecule has 0 radical (unpaired) electrons. The second-order valence-electron chi connectivity index (χ2n) is 6.58. The number of halogens is 3.